The molecule has 0 bridgehead atoms. The van der Waals surface area contributed by atoms with Gasteiger partial charge in [0.1, 0.15) is 22.9 Å². The van der Waals surface area contributed by atoms with Gasteiger partial charge in [-0.1, -0.05) is 55.0 Å². The first-order chi connectivity index (χ1) is 29.2. The molecule has 4 heterocycles. The van der Waals surface area contributed by atoms with E-state index in [2.05, 4.69) is 24.3 Å². The predicted octanol–water partition coefficient (Wildman–Crippen LogP) is 7.70. The topological polar surface area (TPSA) is 130 Å². The number of halogens is 2. The lowest BCUT2D eigenvalue weighted by atomic mass is 9.95. The lowest BCUT2D eigenvalue weighted by molar-refractivity contribution is -0.137. The van der Waals surface area contributed by atoms with E-state index in [0.29, 0.717) is 61.8 Å². The first kappa shape index (κ1) is 41.7. The summed E-state index contributed by atoms with van der Waals surface area (Å²) in [5, 5.41) is 6.66. The predicted molar refractivity (Wildman–Crippen MR) is 241 cm³/mol. The number of hydrogen-bond donors (Lipinski definition) is 1. The molecular weight excluding hydrogens is 843 g/mol. The van der Waals surface area contributed by atoms with E-state index in [1.807, 2.05) is 60.7 Å². The van der Waals surface area contributed by atoms with E-state index in [1.54, 1.807) is 26.5 Å². The Morgan fingerprint density at radius 1 is 0.667 bits per heavy atom. The largest absolute Gasteiger partial charge is 0.480 e. The van der Waals surface area contributed by atoms with E-state index in [9.17, 15) is 24.0 Å². The Morgan fingerprint density at radius 3 is 1.62 bits per heavy atom. The fourth-order valence-corrected chi connectivity index (χ4v) is 9.69. The minimum atomic E-state index is -0.324. The quantitative estimate of drug-likeness (QED) is 0.0494. The smallest absolute Gasteiger partial charge is 0.274 e. The number of aromatic nitrogens is 1. The van der Waals surface area contributed by atoms with E-state index < -0.39 is 0 Å². The second-order valence-electron chi connectivity index (χ2n) is 15.1. The molecule has 3 aliphatic heterocycles. The van der Waals surface area contributed by atoms with Crippen LogP contribution in [-0.4, -0.2) is 76.9 Å². The van der Waals surface area contributed by atoms with Gasteiger partial charge in [-0.05, 0) is 46.9 Å². The number of fused-ring (bicyclic) bond motifs is 6. The van der Waals surface area contributed by atoms with Crippen LogP contribution in [0.1, 0.15) is 69.6 Å². The highest BCUT2D eigenvalue weighted by molar-refractivity contribution is 7.10. The number of carbonyl (C=O) groups excluding carboxylic acids is 5. The molecule has 2 unspecified atom stereocenters. The summed E-state index contributed by atoms with van der Waals surface area (Å²) < 4.78 is 13.1. The molecule has 310 valence electrons. The van der Waals surface area contributed by atoms with Crippen LogP contribution in [0.15, 0.2) is 84.9 Å². The van der Waals surface area contributed by atoms with Crippen molar-refractivity contribution in [3.8, 4) is 11.5 Å². The number of nitrogens with zero attached hydrogens (tertiary/aromatic N) is 4. The Kier molecular flexibility index (Phi) is 12.5. The Morgan fingerprint density at radius 2 is 1.15 bits per heavy atom. The van der Waals surface area contributed by atoms with Crippen LogP contribution in [0, 0.1) is 0 Å². The van der Waals surface area contributed by atoms with Crippen molar-refractivity contribution in [3.63, 3.8) is 0 Å². The minimum absolute atomic E-state index is 0.127. The van der Waals surface area contributed by atoms with Crippen LogP contribution in [-0.2, 0) is 20.9 Å². The van der Waals surface area contributed by atoms with E-state index in [4.69, 9.17) is 32.2 Å². The number of carbonyl (C=O) groups is 5. The highest BCUT2D eigenvalue weighted by atomic mass is 35.5. The second-order valence-corrected chi connectivity index (χ2v) is 16.1. The third-order valence-corrected chi connectivity index (χ3v) is 12.9. The maximum atomic E-state index is 14.9. The van der Waals surface area contributed by atoms with Crippen LogP contribution in [0.3, 0.4) is 0 Å². The van der Waals surface area contributed by atoms with Gasteiger partial charge in [-0.2, -0.15) is 0 Å². The molecule has 0 fully saturated rings. The summed E-state index contributed by atoms with van der Waals surface area (Å²) >= 11 is 13.1. The lowest BCUT2D eigenvalue weighted by Gasteiger charge is -2.23. The monoisotopic (exact) mass is 885 g/mol. The normalized spacial score (nSPS) is 16.9. The maximum absolute atomic E-state index is 14.9. The Hall–Kier alpha value is -4.99. The number of anilines is 2. The molecule has 60 heavy (non-hydrogen) atoms. The summed E-state index contributed by atoms with van der Waals surface area (Å²) in [6.07, 6.45) is 4.55. The van der Waals surface area contributed by atoms with Crippen molar-refractivity contribution in [3.05, 3.63) is 107 Å². The van der Waals surface area contributed by atoms with Crippen molar-refractivity contribution >= 4 is 105 Å². The number of imide groups is 1. The average molecular weight is 887 g/mol. The van der Waals surface area contributed by atoms with Crippen LogP contribution in [0.5, 0.6) is 11.5 Å². The number of amides is 5. The molecule has 8 rings (SSSR count). The molecule has 12 nitrogen and oxygen atoms in total. The molecule has 3 aliphatic rings. The fourth-order valence-electron chi connectivity index (χ4n) is 8.80. The molecule has 0 spiro atoms. The number of nitrogens with one attached hydrogen (secondary N) is 1. The molecular formula is C44H43Cl2N5O7P2. The Bertz CT molecular complexity index is 2420. The summed E-state index contributed by atoms with van der Waals surface area (Å²) in [4.78, 5) is 71.1. The third-order valence-electron chi connectivity index (χ3n) is 11.6. The number of hydrogen-bond acceptors (Lipinski definition) is 7. The van der Waals surface area contributed by atoms with E-state index in [-0.39, 0.29) is 84.0 Å². The third kappa shape index (κ3) is 7.64. The van der Waals surface area contributed by atoms with Gasteiger partial charge in [-0.15, -0.1) is 23.2 Å². The van der Waals surface area contributed by atoms with Gasteiger partial charge >= 0.3 is 0 Å². The van der Waals surface area contributed by atoms with E-state index in [1.165, 1.54) is 17.1 Å². The number of unbranched alkanes of at least 4 members (excludes halogenated alkanes) is 2. The molecule has 4 aromatic carbocycles. The van der Waals surface area contributed by atoms with Gasteiger partial charge in [0.15, 0.2) is 0 Å². The average Bonchev–Trinajstić information content (AvgIpc) is 4.05. The molecule has 5 aromatic rings. The van der Waals surface area contributed by atoms with Gasteiger partial charge in [0.25, 0.3) is 23.6 Å². The van der Waals surface area contributed by atoms with Crippen LogP contribution < -0.4 is 24.2 Å². The van der Waals surface area contributed by atoms with Crippen LogP contribution in [0.4, 0.5) is 11.4 Å². The highest BCUT2D eigenvalue weighted by Gasteiger charge is 2.39. The Balaban J connectivity index is 1.08. The Labute approximate surface area is 361 Å². The first-order valence-electron chi connectivity index (χ1n) is 19.8. The summed E-state index contributed by atoms with van der Waals surface area (Å²) in [6, 6.07) is 22.8. The van der Waals surface area contributed by atoms with E-state index >= 15 is 0 Å². The molecule has 1 N–H and O–H groups in total. The zero-order valence-corrected chi connectivity index (χ0v) is 36.4. The lowest BCUT2D eigenvalue weighted by Crippen LogP contribution is -2.36. The summed E-state index contributed by atoms with van der Waals surface area (Å²) in [7, 11) is 4.58. The van der Waals surface area contributed by atoms with Crippen molar-refractivity contribution in [1.29, 1.82) is 0 Å². The zero-order valence-electron chi connectivity index (χ0n) is 32.6. The van der Waals surface area contributed by atoms with Gasteiger partial charge < -0.3 is 28.7 Å². The second kappa shape index (κ2) is 17.9. The van der Waals surface area contributed by atoms with Gasteiger partial charge in [-0.3, -0.25) is 28.9 Å². The van der Waals surface area contributed by atoms with Crippen LogP contribution in [0.2, 0.25) is 0 Å². The van der Waals surface area contributed by atoms with Crippen molar-refractivity contribution in [2.24, 2.45) is 0 Å². The first-order valence-corrected chi connectivity index (χ1v) is 21.8. The molecule has 16 heteroatoms. The standard InChI is InChI=1S/C44H43Cl2N5O7P2/c45-22-26-24-50(34-20-36(57-59)28-8-3-5-10-30(28)41(26)34)43(55)32-13-14-33(48(32)19-17-47-38(52)12-2-1-7-18-49-39(53)15-16-40(49)54)44(56)51-25-27(23-46)42-31-11-6-4-9-29(31)37(58-60)21-35(42)51/h3-6,8-11,13-16,20-21,26-27H,1-2,7,12,17-19,22-25,59-60H2,(H,47,52)/t26-,27-/m1/s1. The van der Waals surface area contributed by atoms with Gasteiger partial charge in [0, 0.05) is 97.8 Å². The summed E-state index contributed by atoms with van der Waals surface area (Å²) in [5.74, 6) is -0.0212. The minimum Gasteiger partial charge on any atom is -0.480 e. The van der Waals surface area contributed by atoms with E-state index in [0.717, 1.165) is 32.7 Å². The molecule has 4 atom stereocenters. The zero-order chi connectivity index (χ0) is 42.1. The summed E-state index contributed by atoms with van der Waals surface area (Å²) in [6.45, 7) is 1.22. The number of alkyl halides is 2. The van der Waals surface area contributed by atoms with Crippen molar-refractivity contribution in [2.75, 3.05) is 47.7 Å². The van der Waals surface area contributed by atoms with Gasteiger partial charge in [0.05, 0.1) is 30.3 Å². The molecule has 0 saturated heterocycles. The molecule has 0 radical (unpaired) electrons. The van der Waals surface area contributed by atoms with Crippen molar-refractivity contribution in [1.82, 2.24) is 14.8 Å². The van der Waals surface area contributed by atoms with Crippen molar-refractivity contribution in [2.45, 2.75) is 44.1 Å². The SMILES string of the molecule is O=C(CCCCCN1C(=O)C=CC1=O)NCCn1c(C(=O)N2C[C@@H](CCl)c3c2cc(OP)c2ccccc32)ccc1C(=O)N1C[C@@H](CCl)c2c1cc(OP)c1ccccc21. The molecule has 1 aromatic heterocycles. The van der Waals surface area contributed by atoms with Gasteiger partial charge in [-0.25, -0.2) is 0 Å². The van der Waals surface area contributed by atoms with Crippen molar-refractivity contribution < 1.29 is 33.0 Å². The molecule has 5 amide bonds. The number of benzene rings is 4. The number of rotatable bonds is 15. The van der Waals surface area contributed by atoms with Crippen LogP contribution >= 0.6 is 42.1 Å². The highest BCUT2D eigenvalue weighted by Crippen LogP contribution is 2.48. The van der Waals surface area contributed by atoms with Gasteiger partial charge in [0.2, 0.25) is 5.91 Å². The maximum Gasteiger partial charge on any atom is 0.274 e. The molecule has 0 aliphatic carbocycles. The van der Waals surface area contributed by atoms with Crippen LogP contribution in [0.25, 0.3) is 21.5 Å². The fraction of sp³-hybridized carbons (Fsp3) is 0.295. The molecule has 0 saturated carbocycles. The summed E-state index contributed by atoms with van der Waals surface area (Å²) in [5.41, 5.74) is 3.82.